The Balaban J connectivity index is 0.000000221. The number of phenolic OH excluding ortho intramolecular Hbond substituents is 1. The molecule has 35 heavy (non-hydrogen) atoms. The topological polar surface area (TPSA) is 90.4 Å². The first kappa shape index (κ1) is 24.3. The number of hydrogen-bond donors (Lipinski definition) is 3. The second-order valence-corrected chi connectivity index (χ2v) is 9.74. The maximum absolute atomic E-state index is 10.5. The zero-order valence-electron chi connectivity index (χ0n) is 19.3. The van der Waals surface area contributed by atoms with Crippen molar-refractivity contribution in [1.82, 2.24) is 4.98 Å². The molecule has 1 heterocycles. The van der Waals surface area contributed by atoms with Crippen molar-refractivity contribution in [3.8, 4) is 16.9 Å². The SMILES string of the molecule is Cc1ccc(S(=O)(=O)O)cc1.Oc1ccccc1-c1c(CCc2ccccc2)[nH]c2ccccc12. The number of aryl methyl sites for hydroxylation is 3. The smallest absolute Gasteiger partial charge is 0.294 e. The van der Waals surface area contributed by atoms with Gasteiger partial charge in [-0.15, -0.1) is 0 Å². The average molecular weight is 486 g/mol. The molecule has 0 amide bonds. The van der Waals surface area contributed by atoms with Crippen LogP contribution in [0.15, 0.2) is 108 Å². The number of aromatic nitrogens is 1. The summed E-state index contributed by atoms with van der Waals surface area (Å²) < 4.78 is 29.6. The lowest BCUT2D eigenvalue weighted by Gasteiger charge is -2.08. The molecule has 5 aromatic rings. The van der Waals surface area contributed by atoms with Crippen LogP contribution in [-0.2, 0) is 23.0 Å². The fraction of sp³-hybridized carbons (Fsp3) is 0.103. The van der Waals surface area contributed by atoms with Crippen LogP contribution in [-0.4, -0.2) is 23.1 Å². The number of aromatic hydroxyl groups is 1. The fourth-order valence-electron chi connectivity index (χ4n) is 4.00. The van der Waals surface area contributed by atoms with Gasteiger partial charge in [-0.25, -0.2) is 0 Å². The summed E-state index contributed by atoms with van der Waals surface area (Å²) in [6.07, 6.45) is 1.87. The lowest BCUT2D eigenvalue weighted by atomic mass is 9.98. The van der Waals surface area contributed by atoms with Gasteiger partial charge in [0.05, 0.1) is 4.90 Å². The summed E-state index contributed by atoms with van der Waals surface area (Å²) >= 11 is 0. The van der Waals surface area contributed by atoms with E-state index in [2.05, 4.69) is 41.4 Å². The van der Waals surface area contributed by atoms with Crippen molar-refractivity contribution in [2.45, 2.75) is 24.7 Å². The first-order chi connectivity index (χ1) is 16.8. The second kappa shape index (κ2) is 10.6. The summed E-state index contributed by atoms with van der Waals surface area (Å²) in [4.78, 5) is 3.48. The van der Waals surface area contributed by atoms with Crippen LogP contribution >= 0.6 is 0 Å². The molecule has 5 nitrogen and oxygen atoms in total. The van der Waals surface area contributed by atoms with E-state index in [1.807, 2.05) is 43.3 Å². The predicted molar refractivity (Wildman–Crippen MR) is 140 cm³/mol. The van der Waals surface area contributed by atoms with Gasteiger partial charge in [0.1, 0.15) is 5.75 Å². The third kappa shape index (κ3) is 5.98. The molecule has 0 aliphatic rings. The maximum Gasteiger partial charge on any atom is 0.294 e. The number of phenols is 1. The zero-order valence-corrected chi connectivity index (χ0v) is 20.2. The number of nitrogens with one attached hydrogen (secondary N) is 1. The van der Waals surface area contributed by atoms with E-state index in [4.69, 9.17) is 4.55 Å². The van der Waals surface area contributed by atoms with Gasteiger partial charge in [0.25, 0.3) is 10.1 Å². The van der Waals surface area contributed by atoms with Gasteiger partial charge in [-0.3, -0.25) is 4.55 Å². The molecule has 5 rings (SSSR count). The zero-order chi connectivity index (χ0) is 24.8. The van der Waals surface area contributed by atoms with Gasteiger partial charge in [-0.1, -0.05) is 84.4 Å². The van der Waals surface area contributed by atoms with Crippen LogP contribution in [0.2, 0.25) is 0 Å². The van der Waals surface area contributed by atoms with Crippen molar-refractivity contribution in [1.29, 1.82) is 0 Å². The molecule has 0 bridgehead atoms. The van der Waals surface area contributed by atoms with E-state index in [1.54, 1.807) is 18.2 Å². The van der Waals surface area contributed by atoms with Crippen molar-refractivity contribution in [3.05, 3.63) is 120 Å². The number of rotatable bonds is 5. The molecule has 6 heteroatoms. The summed E-state index contributed by atoms with van der Waals surface area (Å²) in [5.74, 6) is 0.322. The molecule has 4 aromatic carbocycles. The summed E-state index contributed by atoms with van der Waals surface area (Å²) in [7, 11) is -4.02. The number of fused-ring (bicyclic) bond motifs is 1. The summed E-state index contributed by atoms with van der Waals surface area (Å²) in [6.45, 7) is 1.84. The van der Waals surface area contributed by atoms with Crippen molar-refractivity contribution in [2.75, 3.05) is 0 Å². The van der Waals surface area contributed by atoms with Crippen LogP contribution in [0.25, 0.3) is 22.0 Å². The van der Waals surface area contributed by atoms with E-state index in [9.17, 15) is 13.5 Å². The van der Waals surface area contributed by atoms with E-state index in [0.717, 1.165) is 40.4 Å². The van der Waals surface area contributed by atoms with Gasteiger partial charge in [0, 0.05) is 27.7 Å². The van der Waals surface area contributed by atoms with Gasteiger partial charge in [-0.05, 0) is 49.6 Å². The van der Waals surface area contributed by atoms with E-state index in [1.165, 1.54) is 23.4 Å². The average Bonchev–Trinajstić information content (AvgIpc) is 3.22. The lowest BCUT2D eigenvalue weighted by molar-refractivity contribution is 0.477. The first-order valence-electron chi connectivity index (χ1n) is 11.3. The molecule has 0 atom stereocenters. The van der Waals surface area contributed by atoms with Crippen LogP contribution in [0, 0.1) is 6.92 Å². The highest BCUT2D eigenvalue weighted by Gasteiger charge is 2.15. The molecule has 3 N–H and O–H groups in total. The van der Waals surface area contributed by atoms with Crippen LogP contribution in [0.4, 0.5) is 0 Å². The number of H-pyrrole nitrogens is 1. The molecule has 0 fully saturated rings. The van der Waals surface area contributed by atoms with Crippen molar-refractivity contribution in [3.63, 3.8) is 0 Å². The molecule has 0 radical (unpaired) electrons. The second-order valence-electron chi connectivity index (χ2n) is 8.32. The van der Waals surface area contributed by atoms with Gasteiger partial charge in [0.15, 0.2) is 0 Å². The monoisotopic (exact) mass is 485 g/mol. The van der Waals surface area contributed by atoms with E-state index in [-0.39, 0.29) is 4.90 Å². The maximum atomic E-state index is 10.5. The highest BCUT2D eigenvalue weighted by atomic mass is 32.2. The number of aromatic amines is 1. The molecule has 1 aromatic heterocycles. The third-order valence-corrected chi connectivity index (χ3v) is 6.65. The van der Waals surface area contributed by atoms with Crippen LogP contribution in [0.1, 0.15) is 16.8 Å². The minimum absolute atomic E-state index is 0.0666. The largest absolute Gasteiger partial charge is 0.507 e. The van der Waals surface area contributed by atoms with Crippen molar-refractivity contribution < 1.29 is 18.1 Å². The van der Waals surface area contributed by atoms with Gasteiger partial charge >= 0.3 is 0 Å². The van der Waals surface area contributed by atoms with E-state index >= 15 is 0 Å². The molecule has 0 aliphatic heterocycles. The molecule has 0 aliphatic carbocycles. The summed E-state index contributed by atoms with van der Waals surface area (Å²) in [5.41, 5.74) is 6.55. The van der Waals surface area contributed by atoms with Crippen molar-refractivity contribution in [2.24, 2.45) is 0 Å². The highest BCUT2D eigenvalue weighted by Crippen LogP contribution is 2.37. The Morgan fingerprint density at radius 3 is 2.06 bits per heavy atom. The number of para-hydroxylation sites is 2. The van der Waals surface area contributed by atoms with Gasteiger partial charge in [-0.2, -0.15) is 8.42 Å². The molecule has 0 saturated heterocycles. The quantitative estimate of drug-likeness (QED) is 0.246. The Bertz CT molecular complexity index is 1520. The molecular weight excluding hydrogens is 458 g/mol. The predicted octanol–water partition coefficient (Wildman–Crippen LogP) is 6.57. The number of hydrogen-bond acceptors (Lipinski definition) is 3. The number of benzene rings is 4. The standard InChI is InChI=1S/C22H19NO.C7H8O3S/c24-21-13-7-5-11-18(21)22-17-10-4-6-12-19(17)23-20(22)15-14-16-8-2-1-3-9-16;1-6-2-4-7(5-3-6)11(8,9)10/h1-13,23-24H,14-15H2;2-5H,1H3,(H,8,9,10). The highest BCUT2D eigenvalue weighted by molar-refractivity contribution is 7.85. The van der Waals surface area contributed by atoms with Crippen LogP contribution in [0.3, 0.4) is 0 Å². The lowest BCUT2D eigenvalue weighted by Crippen LogP contribution is -1.96. The van der Waals surface area contributed by atoms with E-state index in [0.29, 0.717) is 5.75 Å². The fourth-order valence-corrected chi connectivity index (χ4v) is 4.48. The Labute approximate surface area is 205 Å². The van der Waals surface area contributed by atoms with Crippen molar-refractivity contribution >= 4 is 21.0 Å². The Morgan fingerprint density at radius 1 is 0.743 bits per heavy atom. The third-order valence-electron chi connectivity index (χ3n) is 5.78. The molecular formula is C29H27NO4S. The first-order valence-corrected chi connectivity index (χ1v) is 12.7. The Morgan fingerprint density at radius 2 is 1.37 bits per heavy atom. The summed E-state index contributed by atoms with van der Waals surface area (Å²) in [6, 6.07) is 32.3. The summed E-state index contributed by atoms with van der Waals surface area (Å²) in [5, 5.41) is 11.5. The normalized spacial score (nSPS) is 11.1. The minimum Gasteiger partial charge on any atom is -0.507 e. The van der Waals surface area contributed by atoms with Gasteiger partial charge in [0.2, 0.25) is 0 Å². The molecule has 0 unspecified atom stereocenters. The van der Waals surface area contributed by atoms with Crippen LogP contribution in [0.5, 0.6) is 5.75 Å². The minimum atomic E-state index is -4.02. The molecule has 0 spiro atoms. The van der Waals surface area contributed by atoms with E-state index < -0.39 is 10.1 Å². The molecule has 178 valence electrons. The Hall–Kier alpha value is -3.87. The molecule has 0 saturated carbocycles. The Kier molecular flexibility index (Phi) is 7.34. The van der Waals surface area contributed by atoms with Gasteiger partial charge < -0.3 is 10.1 Å². The van der Waals surface area contributed by atoms with Crippen LogP contribution < -0.4 is 0 Å².